The summed E-state index contributed by atoms with van der Waals surface area (Å²) >= 11 is 0. The van der Waals surface area contributed by atoms with Crippen molar-refractivity contribution >= 4 is 0 Å². The highest BCUT2D eigenvalue weighted by Crippen LogP contribution is 2.42. The summed E-state index contributed by atoms with van der Waals surface area (Å²) in [5.74, 6) is -15.7. The second-order valence-corrected chi connectivity index (χ2v) is 12.4. The molecule has 0 heterocycles. The highest BCUT2D eigenvalue weighted by Gasteiger charge is 2.45. The second-order valence-electron chi connectivity index (χ2n) is 12.4. The molecule has 0 atom stereocenters. The van der Waals surface area contributed by atoms with Crippen molar-refractivity contribution in [2.45, 2.75) is 76.4 Å². The lowest BCUT2D eigenvalue weighted by Gasteiger charge is -2.29. The summed E-state index contributed by atoms with van der Waals surface area (Å²) in [5, 5.41) is 0. The van der Waals surface area contributed by atoms with Gasteiger partial charge in [0.1, 0.15) is 22.9 Å². The predicted octanol–water partition coefficient (Wildman–Crippen LogP) is 12.4. The van der Waals surface area contributed by atoms with Gasteiger partial charge in [-0.05, 0) is 78.5 Å². The molecule has 0 bridgehead atoms. The molecular weight excluding hydrogens is 685 g/mol. The molecule has 4 aromatic carbocycles. The molecule has 268 valence electrons. The molecule has 5 rings (SSSR count). The van der Waals surface area contributed by atoms with Gasteiger partial charge in [0.15, 0.2) is 34.8 Å². The fraction of sp³-hybridized carbons (Fsp3) is 0.351. The summed E-state index contributed by atoms with van der Waals surface area (Å²) in [7, 11) is 0. The molecule has 0 radical (unpaired) electrons. The lowest BCUT2D eigenvalue weighted by molar-refractivity contribution is -0.193. The van der Waals surface area contributed by atoms with Gasteiger partial charge in [-0.15, -0.1) is 0 Å². The Morgan fingerprint density at radius 1 is 0.600 bits per heavy atom. The van der Waals surface area contributed by atoms with Crippen molar-refractivity contribution in [1.82, 2.24) is 0 Å². The lowest BCUT2D eigenvalue weighted by atomic mass is 9.77. The Hall–Kier alpha value is -4.29. The zero-order valence-electron chi connectivity index (χ0n) is 26.6. The fourth-order valence-electron chi connectivity index (χ4n) is 6.24. The smallest absolute Gasteiger partial charge is 0.429 e. The molecule has 2 nitrogen and oxygen atoms in total. The van der Waals surface area contributed by atoms with E-state index in [9.17, 15) is 48.3 Å². The molecule has 13 heteroatoms. The first-order valence-corrected chi connectivity index (χ1v) is 16.0. The minimum Gasteiger partial charge on any atom is -0.429 e. The van der Waals surface area contributed by atoms with E-state index in [1.807, 2.05) is 12.1 Å². The number of halogens is 11. The quantitative estimate of drug-likeness (QED) is 0.0826. The standard InChI is InChI=1S/C37H31F11O2/c1-2-3-4-5-20-6-8-21(9-7-20)22-10-12-23(13-11-22)24-14-31(42)35(32(43)15-24)50-36(45,46)25-16-27(38)33(28(39)17-25)37(47,48)49-26-18-29(40)34(44)30(41)19-26/h10-21H,2-9H2,1H3. The van der Waals surface area contributed by atoms with Gasteiger partial charge in [0.05, 0.1) is 5.56 Å². The first kappa shape index (κ1) is 37.0. The third-order valence-electron chi connectivity index (χ3n) is 8.88. The van der Waals surface area contributed by atoms with Gasteiger partial charge in [-0.1, -0.05) is 56.9 Å². The average Bonchev–Trinajstić information content (AvgIpc) is 3.05. The van der Waals surface area contributed by atoms with Crippen LogP contribution < -0.4 is 9.47 Å². The van der Waals surface area contributed by atoms with E-state index in [2.05, 4.69) is 16.4 Å². The molecule has 50 heavy (non-hydrogen) atoms. The zero-order valence-corrected chi connectivity index (χ0v) is 26.6. The molecule has 4 aromatic rings. The van der Waals surface area contributed by atoms with Crippen molar-refractivity contribution in [3.63, 3.8) is 0 Å². The van der Waals surface area contributed by atoms with Crippen LogP contribution >= 0.6 is 0 Å². The van der Waals surface area contributed by atoms with Crippen LogP contribution in [0, 0.1) is 46.6 Å². The van der Waals surface area contributed by atoms with Crippen LogP contribution in [-0.4, -0.2) is 0 Å². The molecule has 1 fully saturated rings. The second kappa shape index (κ2) is 14.9. The number of hydrogen-bond donors (Lipinski definition) is 0. The predicted molar refractivity (Wildman–Crippen MR) is 162 cm³/mol. The lowest BCUT2D eigenvalue weighted by Crippen LogP contribution is -2.28. The monoisotopic (exact) mass is 716 g/mol. The van der Waals surface area contributed by atoms with Gasteiger partial charge in [0.2, 0.25) is 0 Å². The molecule has 1 aliphatic rings. The molecule has 0 amide bonds. The molecule has 1 saturated carbocycles. The fourth-order valence-corrected chi connectivity index (χ4v) is 6.24. The molecule has 0 spiro atoms. The Labute approximate surface area is 280 Å². The van der Waals surface area contributed by atoms with Crippen LogP contribution in [0.4, 0.5) is 48.3 Å². The van der Waals surface area contributed by atoms with E-state index in [1.165, 1.54) is 25.7 Å². The van der Waals surface area contributed by atoms with E-state index in [0.29, 0.717) is 17.4 Å². The Kier molecular flexibility index (Phi) is 11.0. The van der Waals surface area contributed by atoms with E-state index < -0.39 is 75.6 Å². The van der Waals surface area contributed by atoms with Crippen molar-refractivity contribution in [2.75, 3.05) is 0 Å². The van der Waals surface area contributed by atoms with Crippen molar-refractivity contribution in [3.05, 3.63) is 118 Å². The van der Waals surface area contributed by atoms with E-state index in [0.717, 1.165) is 43.4 Å². The van der Waals surface area contributed by atoms with Gasteiger partial charge < -0.3 is 9.47 Å². The maximum Gasteiger partial charge on any atom is 0.432 e. The largest absolute Gasteiger partial charge is 0.432 e. The van der Waals surface area contributed by atoms with Gasteiger partial charge in [-0.2, -0.15) is 17.6 Å². The summed E-state index contributed by atoms with van der Waals surface area (Å²) in [6.07, 6.45) is -0.731. The minimum atomic E-state index is -5.06. The maximum atomic E-state index is 15.0. The Bertz CT molecular complexity index is 1750. The Morgan fingerprint density at radius 3 is 1.70 bits per heavy atom. The van der Waals surface area contributed by atoms with Gasteiger partial charge >= 0.3 is 12.2 Å². The highest BCUT2D eigenvalue weighted by atomic mass is 19.3. The first-order valence-electron chi connectivity index (χ1n) is 16.0. The van der Waals surface area contributed by atoms with E-state index in [-0.39, 0.29) is 29.8 Å². The summed E-state index contributed by atoms with van der Waals surface area (Å²) < 4.78 is 167. The number of hydrogen-bond acceptors (Lipinski definition) is 2. The molecule has 1 aliphatic carbocycles. The van der Waals surface area contributed by atoms with E-state index >= 15 is 0 Å². The van der Waals surface area contributed by atoms with Crippen molar-refractivity contribution in [2.24, 2.45) is 5.92 Å². The Balaban J connectivity index is 1.29. The molecule has 0 saturated heterocycles. The van der Waals surface area contributed by atoms with Crippen molar-refractivity contribution in [1.29, 1.82) is 0 Å². The maximum absolute atomic E-state index is 15.0. The van der Waals surface area contributed by atoms with Crippen LogP contribution in [-0.2, 0) is 12.2 Å². The molecule has 0 unspecified atom stereocenters. The molecule has 0 N–H and O–H groups in total. The van der Waals surface area contributed by atoms with Gasteiger partial charge in [-0.3, -0.25) is 0 Å². The normalized spacial score (nSPS) is 16.8. The van der Waals surface area contributed by atoms with Crippen molar-refractivity contribution in [3.8, 4) is 22.6 Å². The van der Waals surface area contributed by atoms with Crippen LogP contribution in [0.1, 0.15) is 80.9 Å². The number of ether oxygens (including phenoxy) is 2. The number of alkyl halides is 4. The summed E-state index contributed by atoms with van der Waals surface area (Å²) in [6.45, 7) is 2.17. The third-order valence-corrected chi connectivity index (χ3v) is 8.88. The average molecular weight is 717 g/mol. The third kappa shape index (κ3) is 8.18. The molecule has 0 aromatic heterocycles. The molecule has 0 aliphatic heterocycles. The molecular formula is C37H31F11O2. The SMILES string of the molecule is CCCCCC1CCC(c2ccc(-c3cc(F)c(OC(F)(F)c4cc(F)c(C(F)(F)Oc5cc(F)c(F)c(F)c5)c(F)c4)c(F)c3)cc2)CC1. The van der Waals surface area contributed by atoms with E-state index in [4.69, 9.17) is 0 Å². The summed E-state index contributed by atoms with van der Waals surface area (Å²) in [5.41, 5.74) is -2.56. The van der Waals surface area contributed by atoms with Gasteiger partial charge in [0, 0.05) is 12.1 Å². The van der Waals surface area contributed by atoms with Crippen LogP contribution in [0.5, 0.6) is 11.5 Å². The van der Waals surface area contributed by atoms with Crippen LogP contribution in [0.2, 0.25) is 0 Å². The van der Waals surface area contributed by atoms with Gasteiger partial charge in [-0.25, -0.2) is 30.7 Å². The topological polar surface area (TPSA) is 18.5 Å². The Morgan fingerprint density at radius 2 is 1.16 bits per heavy atom. The van der Waals surface area contributed by atoms with Crippen molar-refractivity contribution < 1.29 is 57.8 Å². The summed E-state index contributed by atoms with van der Waals surface area (Å²) in [4.78, 5) is 0. The van der Waals surface area contributed by atoms with Crippen LogP contribution in [0.3, 0.4) is 0 Å². The van der Waals surface area contributed by atoms with Crippen LogP contribution in [0.25, 0.3) is 11.1 Å². The highest BCUT2D eigenvalue weighted by molar-refractivity contribution is 5.65. The number of rotatable bonds is 12. The summed E-state index contributed by atoms with van der Waals surface area (Å²) in [6, 6.07) is 7.79. The first-order chi connectivity index (χ1) is 23.6. The minimum absolute atomic E-state index is 0.00793. The van der Waals surface area contributed by atoms with Crippen LogP contribution in [0.15, 0.2) is 60.7 Å². The number of unbranched alkanes of at least 4 members (excludes halogenated alkanes) is 2. The number of benzene rings is 4. The zero-order chi connectivity index (χ0) is 36.4. The van der Waals surface area contributed by atoms with Gasteiger partial charge in [0.25, 0.3) is 0 Å². The van der Waals surface area contributed by atoms with E-state index in [1.54, 1.807) is 12.1 Å².